The third kappa shape index (κ3) is 5.32. The second-order valence-electron chi connectivity index (χ2n) is 6.46. The molecular weight excluding hydrogens is 368 g/mol. The molecule has 3 rings (SSSR count). The number of carbonyl (C=O) groups is 2. The molecule has 0 radical (unpaired) electrons. The van der Waals surface area contributed by atoms with Crippen molar-refractivity contribution in [3.05, 3.63) is 77.6 Å². The predicted octanol–water partition coefficient (Wildman–Crippen LogP) is 4.49. The first-order valence-corrected chi connectivity index (χ1v) is 9.06. The van der Waals surface area contributed by atoms with Crippen molar-refractivity contribution in [3.8, 4) is 11.5 Å². The lowest BCUT2D eigenvalue weighted by molar-refractivity contribution is 0.0958. The molecule has 0 atom stereocenters. The predicted molar refractivity (Wildman–Crippen MR) is 113 cm³/mol. The van der Waals surface area contributed by atoms with Gasteiger partial charge in [-0.15, -0.1) is 0 Å². The molecular formula is C22H22N4O3. The quantitative estimate of drug-likeness (QED) is 0.598. The summed E-state index contributed by atoms with van der Waals surface area (Å²) in [6, 6.07) is 15.6. The van der Waals surface area contributed by atoms with Gasteiger partial charge in [0.05, 0.1) is 0 Å². The molecule has 0 aliphatic heterocycles. The molecule has 1 aromatic heterocycles. The normalized spacial score (nSPS) is 10.2. The van der Waals surface area contributed by atoms with E-state index in [-0.39, 0.29) is 17.6 Å². The standard InChI is InChI=1S/C22H22N4O3/c1-14-4-5-17(12-15(14)2)26-22(28)25-16-6-8-18(9-7-16)29-19-10-11-24-20(13-19)21(27)23-3/h4-13H,1-3H3,(H,23,27)(H2,25,26,28). The molecule has 0 aliphatic carbocycles. The Balaban J connectivity index is 1.60. The first-order chi connectivity index (χ1) is 13.9. The number of nitrogens with one attached hydrogen (secondary N) is 3. The van der Waals surface area contributed by atoms with Gasteiger partial charge in [-0.1, -0.05) is 6.07 Å². The molecule has 0 saturated heterocycles. The van der Waals surface area contributed by atoms with Gasteiger partial charge in [-0.05, 0) is 67.4 Å². The molecule has 0 unspecified atom stereocenters. The van der Waals surface area contributed by atoms with E-state index < -0.39 is 0 Å². The fourth-order valence-corrected chi connectivity index (χ4v) is 2.58. The van der Waals surface area contributed by atoms with Crippen LogP contribution in [0.1, 0.15) is 21.6 Å². The highest BCUT2D eigenvalue weighted by atomic mass is 16.5. The fraction of sp³-hybridized carbons (Fsp3) is 0.136. The van der Waals surface area contributed by atoms with E-state index in [1.807, 2.05) is 32.0 Å². The maximum absolute atomic E-state index is 12.2. The molecule has 0 aliphatic rings. The molecule has 7 heteroatoms. The highest BCUT2D eigenvalue weighted by Crippen LogP contribution is 2.23. The number of rotatable bonds is 5. The number of nitrogens with zero attached hydrogens (tertiary/aromatic N) is 1. The molecule has 0 saturated carbocycles. The van der Waals surface area contributed by atoms with Crippen molar-refractivity contribution in [3.63, 3.8) is 0 Å². The zero-order valence-corrected chi connectivity index (χ0v) is 16.4. The van der Waals surface area contributed by atoms with Crippen molar-refractivity contribution in [2.24, 2.45) is 0 Å². The molecule has 29 heavy (non-hydrogen) atoms. The van der Waals surface area contributed by atoms with E-state index in [0.29, 0.717) is 17.2 Å². The van der Waals surface area contributed by atoms with Crippen LogP contribution in [-0.4, -0.2) is 24.0 Å². The highest BCUT2D eigenvalue weighted by Gasteiger charge is 2.08. The SMILES string of the molecule is CNC(=O)c1cc(Oc2ccc(NC(=O)Nc3ccc(C)c(C)c3)cc2)ccn1. The molecule has 7 nitrogen and oxygen atoms in total. The second kappa shape index (κ2) is 8.88. The summed E-state index contributed by atoms with van der Waals surface area (Å²) < 4.78 is 5.75. The number of hydrogen-bond donors (Lipinski definition) is 3. The van der Waals surface area contributed by atoms with Crippen LogP contribution in [0, 0.1) is 13.8 Å². The monoisotopic (exact) mass is 390 g/mol. The van der Waals surface area contributed by atoms with Crippen LogP contribution >= 0.6 is 0 Å². The van der Waals surface area contributed by atoms with Gasteiger partial charge >= 0.3 is 6.03 Å². The number of carbonyl (C=O) groups excluding carboxylic acids is 2. The van der Waals surface area contributed by atoms with Gasteiger partial charge in [0.25, 0.3) is 5.91 Å². The number of hydrogen-bond acceptors (Lipinski definition) is 4. The number of aryl methyl sites for hydroxylation is 2. The maximum Gasteiger partial charge on any atom is 0.323 e. The Morgan fingerprint density at radius 2 is 1.52 bits per heavy atom. The molecule has 0 bridgehead atoms. The van der Waals surface area contributed by atoms with Crippen molar-refractivity contribution in [1.82, 2.24) is 10.3 Å². The number of benzene rings is 2. The zero-order chi connectivity index (χ0) is 20.8. The number of amides is 3. The van der Waals surface area contributed by atoms with Crippen LogP contribution in [0.3, 0.4) is 0 Å². The Kier molecular flexibility index (Phi) is 6.09. The van der Waals surface area contributed by atoms with Crippen LogP contribution in [0.2, 0.25) is 0 Å². The van der Waals surface area contributed by atoms with Crippen LogP contribution in [0.4, 0.5) is 16.2 Å². The van der Waals surface area contributed by atoms with E-state index in [1.165, 1.54) is 11.8 Å². The summed E-state index contributed by atoms with van der Waals surface area (Å²) in [4.78, 5) is 27.8. The van der Waals surface area contributed by atoms with Gasteiger partial charge in [-0.2, -0.15) is 0 Å². The highest BCUT2D eigenvalue weighted by molar-refractivity contribution is 5.99. The van der Waals surface area contributed by atoms with Gasteiger partial charge in [-0.25, -0.2) is 4.79 Å². The third-order valence-corrected chi connectivity index (χ3v) is 4.30. The van der Waals surface area contributed by atoms with Crippen molar-refractivity contribution >= 4 is 23.3 Å². The van der Waals surface area contributed by atoms with Crippen molar-refractivity contribution in [2.45, 2.75) is 13.8 Å². The van der Waals surface area contributed by atoms with Crippen LogP contribution in [0.15, 0.2) is 60.8 Å². The lowest BCUT2D eigenvalue weighted by Crippen LogP contribution is -2.19. The van der Waals surface area contributed by atoms with Crippen molar-refractivity contribution in [1.29, 1.82) is 0 Å². The van der Waals surface area contributed by atoms with E-state index >= 15 is 0 Å². The first kappa shape index (κ1) is 19.9. The summed E-state index contributed by atoms with van der Waals surface area (Å²) in [5.74, 6) is 0.774. The van der Waals surface area contributed by atoms with E-state index in [4.69, 9.17) is 4.74 Å². The van der Waals surface area contributed by atoms with Crippen molar-refractivity contribution < 1.29 is 14.3 Å². The van der Waals surface area contributed by atoms with Gasteiger partial charge in [0.2, 0.25) is 0 Å². The van der Waals surface area contributed by atoms with E-state index in [0.717, 1.165) is 11.3 Å². The molecule has 3 N–H and O–H groups in total. The lowest BCUT2D eigenvalue weighted by atomic mass is 10.1. The van der Waals surface area contributed by atoms with E-state index in [9.17, 15) is 9.59 Å². The van der Waals surface area contributed by atoms with Crippen LogP contribution in [-0.2, 0) is 0 Å². The minimum absolute atomic E-state index is 0.270. The number of urea groups is 1. The minimum Gasteiger partial charge on any atom is -0.457 e. The molecule has 148 valence electrons. The number of pyridine rings is 1. The number of aromatic nitrogens is 1. The maximum atomic E-state index is 12.2. The molecule has 3 aromatic rings. The van der Waals surface area contributed by atoms with Crippen LogP contribution < -0.4 is 20.7 Å². The summed E-state index contributed by atoms with van der Waals surface area (Å²) in [6.07, 6.45) is 1.51. The molecule has 1 heterocycles. The zero-order valence-electron chi connectivity index (χ0n) is 16.4. The minimum atomic E-state index is -0.328. The summed E-state index contributed by atoms with van der Waals surface area (Å²) in [5, 5.41) is 8.11. The van der Waals surface area contributed by atoms with Crippen LogP contribution in [0.25, 0.3) is 0 Å². The van der Waals surface area contributed by atoms with Gasteiger partial charge in [-0.3, -0.25) is 9.78 Å². The van der Waals surface area contributed by atoms with Gasteiger partial charge in [0.15, 0.2) is 0 Å². The molecule has 0 fully saturated rings. The van der Waals surface area contributed by atoms with E-state index in [2.05, 4.69) is 20.9 Å². The summed E-state index contributed by atoms with van der Waals surface area (Å²) in [5.41, 5.74) is 3.91. The Hall–Kier alpha value is -3.87. The summed E-state index contributed by atoms with van der Waals surface area (Å²) >= 11 is 0. The van der Waals surface area contributed by atoms with Crippen molar-refractivity contribution in [2.75, 3.05) is 17.7 Å². The first-order valence-electron chi connectivity index (χ1n) is 9.06. The lowest BCUT2D eigenvalue weighted by Gasteiger charge is -2.10. The second-order valence-corrected chi connectivity index (χ2v) is 6.46. The molecule has 3 amide bonds. The smallest absolute Gasteiger partial charge is 0.323 e. The molecule has 2 aromatic carbocycles. The Morgan fingerprint density at radius 1 is 0.828 bits per heavy atom. The fourth-order valence-electron chi connectivity index (χ4n) is 2.58. The summed E-state index contributed by atoms with van der Waals surface area (Å²) in [6.45, 7) is 4.02. The van der Waals surface area contributed by atoms with Gasteiger partial charge in [0, 0.05) is 30.7 Å². The van der Waals surface area contributed by atoms with E-state index in [1.54, 1.807) is 43.4 Å². The Bertz CT molecular complexity index is 1030. The van der Waals surface area contributed by atoms with Gasteiger partial charge in [0.1, 0.15) is 17.2 Å². The number of anilines is 2. The molecule has 0 spiro atoms. The Labute approximate surface area is 169 Å². The van der Waals surface area contributed by atoms with Gasteiger partial charge < -0.3 is 20.7 Å². The largest absolute Gasteiger partial charge is 0.457 e. The summed E-state index contributed by atoms with van der Waals surface area (Å²) in [7, 11) is 1.54. The third-order valence-electron chi connectivity index (χ3n) is 4.30. The Morgan fingerprint density at radius 3 is 2.21 bits per heavy atom. The van der Waals surface area contributed by atoms with Crippen LogP contribution in [0.5, 0.6) is 11.5 Å². The topological polar surface area (TPSA) is 92.4 Å². The average molecular weight is 390 g/mol. The number of ether oxygens (including phenoxy) is 1. The average Bonchev–Trinajstić information content (AvgIpc) is 2.72.